The molecule has 1 aromatic carbocycles. The Balaban J connectivity index is 2.44. The van der Waals surface area contributed by atoms with E-state index in [1.54, 1.807) is 6.07 Å². The van der Waals surface area contributed by atoms with Crippen LogP contribution < -0.4 is 9.47 Å². The fourth-order valence-electron chi connectivity index (χ4n) is 1.24. The minimum absolute atomic E-state index is 0.0280. The molecule has 4 heteroatoms. The molecule has 0 saturated heterocycles. The molecule has 0 fully saturated rings. The molecule has 0 spiro atoms. The number of rotatable bonds is 1. The summed E-state index contributed by atoms with van der Waals surface area (Å²) in [6, 6.07) is 5.21. The van der Waals surface area contributed by atoms with Crippen molar-refractivity contribution in [3.05, 3.63) is 17.7 Å². The van der Waals surface area contributed by atoms with Gasteiger partial charge in [-0.15, -0.1) is 0 Å². The highest BCUT2D eigenvalue weighted by atomic mass is 16.7. The average molecular weight is 177 g/mol. The number of hydrogen-bond donors (Lipinski definition) is 1. The highest BCUT2D eigenvalue weighted by molar-refractivity contribution is 5.54. The van der Waals surface area contributed by atoms with Crippen molar-refractivity contribution in [2.24, 2.45) is 0 Å². The van der Waals surface area contributed by atoms with Gasteiger partial charge < -0.3 is 14.6 Å². The molecule has 1 heterocycles. The van der Waals surface area contributed by atoms with Crippen molar-refractivity contribution in [3.8, 4) is 23.3 Å². The lowest BCUT2D eigenvalue weighted by molar-refractivity contribution is 0.171. The molecule has 0 atom stereocenters. The second-order valence-electron chi connectivity index (χ2n) is 2.68. The largest absolute Gasteiger partial charge is 0.504 e. The van der Waals surface area contributed by atoms with Crippen molar-refractivity contribution in [1.29, 1.82) is 5.26 Å². The van der Waals surface area contributed by atoms with Gasteiger partial charge in [-0.1, -0.05) is 0 Å². The zero-order chi connectivity index (χ0) is 9.26. The van der Waals surface area contributed by atoms with Crippen LogP contribution in [0.2, 0.25) is 0 Å². The second kappa shape index (κ2) is 2.87. The predicted molar refractivity (Wildman–Crippen MR) is 43.5 cm³/mol. The number of fused-ring (bicyclic) bond motifs is 1. The maximum Gasteiger partial charge on any atom is 0.231 e. The van der Waals surface area contributed by atoms with Crippen LogP contribution in [0.15, 0.2) is 12.1 Å². The van der Waals surface area contributed by atoms with Crippen molar-refractivity contribution in [2.75, 3.05) is 6.79 Å². The Kier molecular flexibility index (Phi) is 1.71. The van der Waals surface area contributed by atoms with E-state index in [0.29, 0.717) is 11.5 Å². The van der Waals surface area contributed by atoms with Gasteiger partial charge in [0, 0.05) is 0 Å². The van der Waals surface area contributed by atoms with E-state index in [1.165, 1.54) is 6.07 Å². The van der Waals surface area contributed by atoms with Crippen LogP contribution in [0.3, 0.4) is 0 Å². The third-order valence-electron chi connectivity index (χ3n) is 1.80. The average Bonchev–Trinajstić information content (AvgIpc) is 2.53. The molecular formula is C9H7NO3. The number of benzene rings is 1. The predicted octanol–water partition coefficient (Wildman–Crippen LogP) is 1.19. The molecule has 2 rings (SSSR count). The lowest BCUT2D eigenvalue weighted by Crippen LogP contribution is -1.93. The molecule has 0 unspecified atom stereocenters. The van der Waals surface area contributed by atoms with Gasteiger partial charge in [-0.2, -0.15) is 5.26 Å². The number of phenolic OH excluding ortho intramolecular Hbond substituents is 1. The topological polar surface area (TPSA) is 62.5 Å². The van der Waals surface area contributed by atoms with E-state index in [2.05, 4.69) is 0 Å². The zero-order valence-electron chi connectivity index (χ0n) is 6.78. The van der Waals surface area contributed by atoms with Gasteiger partial charge in [0.1, 0.15) is 0 Å². The minimum atomic E-state index is 0.0280. The van der Waals surface area contributed by atoms with Crippen molar-refractivity contribution in [2.45, 2.75) is 6.42 Å². The van der Waals surface area contributed by atoms with Crippen LogP contribution in [0.5, 0.6) is 17.2 Å². The van der Waals surface area contributed by atoms with Gasteiger partial charge >= 0.3 is 0 Å². The SMILES string of the molecule is N#CCc1cc(O)c2c(c1)OCO2. The van der Waals surface area contributed by atoms with Gasteiger partial charge in [0.25, 0.3) is 0 Å². The lowest BCUT2D eigenvalue weighted by Gasteiger charge is -2.01. The number of nitriles is 1. The summed E-state index contributed by atoms with van der Waals surface area (Å²) in [6.07, 6.45) is 0.254. The summed E-state index contributed by atoms with van der Waals surface area (Å²) in [7, 11) is 0. The summed E-state index contributed by atoms with van der Waals surface area (Å²) in [6.45, 7) is 0.124. The summed E-state index contributed by atoms with van der Waals surface area (Å²) < 4.78 is 10.1. The Morgan fingerprint density at radius 3 is 3.08 bits per heavy atom. The first-order valence-corrected chi connectivity index (χ1v) is 3.79. The normalized spacial score (nSPS) is 12.5. The summed E-state index contributed by atoms with van der Waals surface area (Å²) >= 11 is 0. The van der Waals surface area contributed by atoms with E-state index in [0.717, 1.165) is 5.56 Å². The molecule has 0 aromatic heterocycles. The fraction of sp³-hybridized carbons (Fsp3) is 0.222. The Bertz CT molecular complexity index is 381. The summed E-state index contributed by atoms with van der Waals surface area (Å²) in [5.41, 5.74) is 0.726. The van der Waals surface area contributed by atoms with Crippen molar-refractivity contribution in [3.63, 3.8) is 0 Å². The first-order chi connectivity index (χ1) is 6.31. The first-order valence-electron chi connectivity index (χ1n) is 3.79. The number of nitrogens with zero attached hydrogens (tertiary/aromatic N) is 1. The van der Waals surface area contributed by atoms with E-state index >= 15 is 0 Å². The lowest BCUT2D eigenvalue weighted by atomic mass is 10.1. The number of phenols is 1. The molecule has 1 aliphatic rings. The summed E-state index contributed by atoms with van der Waals surface area (Å²) in [5.74, 6) is 0.896. The summed E-state index contributed by atoms with van der Waals surface area (Å²) in [5, 5.41) is 17.9. The van der Waals surface area contributed by atoms with E-state index in [1.807, 2.05) is 6.07 Å². The number of aromatic hydroxyl groups is 1. The fourth-order valence-corrected chi connectivity index (χ4v) is 1.24. The molecule has 1 N–H and O–H groups in total. The van der Waals surface area contributed by atoms with Gasteiger partial charge in [0.2, 0.25) is 12.5 Å². The Morgan fingerprint density at radius 1 is 1.46 bits per heavy atom. The standard InChI is InChI=1S/C9H7NO3/c10-2-1-6-3-7(11)9-8(4-6)12-5-13-9/h3-4,11H,1,5H2. The number of hydrogen-bond acceptors (Lipinski definition) is 4. The van der Waals surface area contributed by atoms with Crippen molar-refractivity contribution in [1.82, 2.24) is 0 Å². The van der Waals surface area contributed by atoms with Gasteiger partial charge in [-0.25, -0.2) is 0 Å². The maximum absolute atomic E-state index is 9.42. The van der Waals surface area contributed by atoms with Crippen LogP contribution in [0.25, 0.3) is 0 Å². The van der Waals surface area contributed by atoms with Crippen LogP contribution in [0, 0.1) is 11.3 Å². The van der Waals surface area contributed by atoms with Gasteiger partial charge in [0.15, 0.2) is 11.5 Å². The molecule has 13 heavy (non-hydrogen) atoms. The third kappa shape index (κ3) is 1.25. The van der Waals surface area contributed by atoms with Gasteiger partial charge in [0.05, 0.1) is 12.5 Å². The summed E-state index contributed by atoms with van der Waals surface area (Å²) in [4.78, 5) is 0. The zero-order valence-corrected chi connectivity index (χ0v) is 6.78. The maximum atomic E-state index is 9.42. The van der Waals surface area contributed by atoms with E-state index in [4.69, 9.17) is 14.7 Å². The molecule has 4 nitrogen and oxygen atoms in total. The van der Waals surface area contributed by atoms with Crippen LogP contribution in [0.4, 0.5) is 0 Å². The third-order valence-corrected chi connectivity index (χ3v) is 1.80. The van der Waals surface area contributed by atoms with Gasteiger partial charge in [-0.3, -0.25) is 0 Å². The Labute approximate surface area is 74.9 Å². The molecule has 0 bridgehead atoms. The molecular weight excluding hydrogens is 170 g/mol. The first kappa shape index (κ1) is 7.74. The highest BCUT2D eigenvalue weighted by Crippen LogP contribution is 2.41. The Morgan fingerprint density at radius 2 is 2.31 bits per heavy atom. The Hall–Kier alpha value is -1.89. The monoisotopic (exact) mass is 177 g/mol. The van der Waals surface area contributed by atoms with E-state index in [9.17, 15) is 5.11 Å². The van der Waals surface area contributed by atoms with Crippen molar-refractivity contribution < 1.29 is 14.6 Å². The quantitative estimate of drug-likeness (QED) is 0.699. The van der Waals surface area contributed by atoms with Crippen molar-refractivity contribution >= 4 is 0 Å². The van der Waals surface area contributed by atoms with E-state index in [-0.39, 0.29) is 19.0 Å². The molecule has 1 aliphatic heterocycles. The smallest absolute Gasteiger partial charge is 0.231 e. The number of ether oxygens (including phenoxy) is 2. The van der Waals surface area contributed by atoms with Crippen LogP contribution in [0.1, 0.15) is 5.56 Å². The molecule has 0 radical (unpaired) electrons. The minimum Gasteiger partial charge on any atom is -0.504 e. The molecule has 0 amide bonds. The molecule has 0 saturated carbocycles. The van der Waals surface area contributed by atoms with Crippen LogP contribution in [-0.4, -0.2) is 11.9 Å². The molecule has 0 aliphatic carbocycles. The molecule has 1 aromatic rings. The highest BCUT2D eigenvalue weighted by Gasteiger charge is 2.18. The van der Waals surface area contributed by atoms with Crippen LogP contribution >= 0.6 is 0 Å². The van der Waals surface area contributed by atoms with E-state index < -0.39 is 0 Å². The van der Waals surface area contributed by atoms with Crippen LogP contribution in [-0.2, 0) is 6.42 Å². The van der Waals surface area contributed by atoms with Gasteiger partial charge in [-0.05, 0) is 17.7 Å². The molecule has 66 valence electrons. The second-order valence-corrected chi connectivity index (χ2v) is 2.68.